The summed E-state index contributed by atoms with van der Waals surface area (Å²) in [6, 6.07) is 6.71. The molecule has 17 heavy (non-hydrogen) atoms. The predicted octanol–water partition coefficient (Wildman–Crippen LogP) is 4.03. The Morgan fingerprint density at radius 2 is 2.18 bits per heavy atom. The second kappa shape index (κ2) is 5.53. The summed E-state index contributed by atoms with van der Waals surface area (Å²) < 4.78 is 5.65. The van der Waals surface area contributed by atoms with Gasteiger partial charge in [0.1, 0.15) is 0 Å². The van der Waals surface area contributed by atoms with Crippen molar-refractivity contribution in [2.75, 3.05) is 6.61 Å². The molecular formula is C15H21BrO. The van der Waals surface area contributed by atoms with E-state index >= 15 is 0 Å². The van der Waals surface area contributed by atoms with E-state index in [0.717, 1.165) is 13.0 Å². The van der Waals surface area contributed by atoms with Gasteiger partial charge in [0.2, 0.25) is 0 Å². The number of alkyl halides is 1. The highest BCUT2D eigenvalue weighted by Crippen LogP contribution is 2.31. The highest BCUT2D eigenvalue weighted by molar-refractivity contribution is 9.09. The van der Waals surface area contributed by atoms with Gasteiger partial charge in [-0.3, -0.25) is 0 Å². The molecule has 0 radical (unpaired) electrons. The first-order valence-corrected chi connectivity index (χ1v) is 7.31. The molecule has 0 amide bonds. The number of benzene rings is 1. The molecule has 2 heteroatoms. The molecule has 1 heterocycles. The van der Waals surface area contributed by atoms with Crippen molar-refractivity contribution in [2.24, 2.45) is 5.92 Å². The molecule has 94 valence electrons. The zero-order valence-corrected chi connectivity index (χ0v) is 12.5. The van der Waals surface area contributed by atoms with Gasteiger partial charge in [0.25, 0.3) is 0 Å². The van der Waals surface area contributed by atoms with Crippen LogP contribution in [0.15, 0.2) is 18.2 Å². The van der Waals surface area contributed by atoms with Gasteiger partial charge in [-0.25, -0.2) is 0 Å². The maximum atomic E-state index is 5.65. The molecule has 1 saturated heterocycles. The van der Waals surface area contributed by atoms with Crippen LogP contribution in [-0.4, -0.2) is 17.5 Å². The molecule has 3 unspecified atom stereocenters. The standard InChI is InChI=1S/C15H21BrO/c1-10-4-5-11(2)13(8-10)9-15(16)14-6-7-17-12(14)3/h4-5,8,12,14-15H,6-7,9H2,1-3H3. The lowest BCUT2D eigenvalue weighted by molar-refractivity contribution is 0.105. The minimum Gasteiger partial charge on any atom is -0.378 e. The second-order valence-corrected chi connectivity index (χ2v) is 6.35. The molecule has 0 aliphatic carbocycles. The lowest BCUT2D eigenvalue weighted by Gasteiger charge is -2.21. The van der Waals surface area contributed by atoms with Crippen molar-refractivity contribution < 1.29 is 4.74 Å². The van der Waals surface area contributed by atoms with Crippen LogP contribution in [0.3, 0.4) is 0 Å². The smallest absolute Gasteiger partial charge is 0.0586 e. The Hall–Kier alpha value is -0.340. The van der Waals surface area contributed by atoms with Gasteiger partial charge in [0.15, 0.2) is 0 Å². The van der Waals surface area contributed by atoms with Crippen LogP contribution in [0.5, 0.6) is 0 Å². The summed E-state index contributed by atoms with van der Waals surface area (Å²) in [5, 5.41) is 0. The van der Waals surface area contributed by atoms with Gasteiger partial charge in [-0.1, -0.05) is 39.7 Å². The number of ether oxygens (including phenoxy) is 1. The minimum absolute atomic E-state index is 0.393. The van der Waals surface area contributed by atoms with Crippen LogP contribution in [0.25, 0.3) is 0 Å². The van der Waals surface area contributed by atoms with Gasteiger partial charge in [0, 0.05) is 11.4 Å². The van der Waals surface area contributed by atoms with Crippen LogP contribution < -0.4 is 0 Å². The van der Waals surface area contributed by atoms with Crippen LogP contribution in [0, 0.1) is 19.8 Å². The van der Waals surface area contributed by atoms with Gasteiger partial charge in [-0.05, 0) is 50.7 Å². The summed E-state index contributed by atoms with van der Waals surface area (Å²) in [6.07, 6.45) is 2.68. The van der Waals surface area contributed by atoms with Crippen molar-refractivity contribution in [1.82, 2.24) is 0 Å². The molecule has 1 aromatic carbocycles. The third-order valence-corrected chi connectivity index (χ3v) is 4.82. The van der Waals surface area contributed by atoms with Gasteiger partial charge < -0.3 is 4.74 Å². The summed E-state index contributed by atoms with van der Waals surface area (Å²) in [5.74, 6) is 0.648. The molecule has 0 bridgehead atoms. The van der Waals surface area contributed by atoms with Crippen molar-refractivity contribution in [3.63, 3.8) is 0 Å². The fraction of sp³-hybridized carbons (Fsp3) is 0.600. The van der Waals surface area contributed by atoms with Crippen molar-refractivity contribution >= 4 is 15.9 Å². The quantitative estimate of drug-likeness (QED) is 0.765. The zero-order valence-electron chi connectivity index (χ0n) is 10.9. The third-order valence-electron chi connectivity index (χ3n) is 3.82. The Kier molecular flexibility index (Phi) is 4.26. The van der Waals surface area contributed by atoms with E-state index < -0.39 is 0 Å². The van der Waals surface area contributed by atoms with Crippen molar-refractivity contribution in [3.05, 3.63) is 34.9 Å². The first-order valence-electron chi connectivity index (χ1n) is 6.39. The van der Waals surface area contributed by atoms with Crippen LogP contribution in [0.4, 0.5) is 0 Å². The highest BCUT2D eigenvalue weighted by Gasteiger charge is 2.30. The van der Waals surface area contributed by atoms with Gasteiger partial charge in [-0.2, -0.15) is 0 Å². The lowest BCUT2D eigenvalue weighted by Crippen LogP contribution is -2.23. The molecule has 1 fully saturated rings. The van der Waals surface area contributed by atoms with Gasteiger partial charge in [0.05, 0.1) is 6.10 Å². The van der Waals surface area contributed by atoms with Crippen LogP contribution in [0.1, 0.15) is 30.0 Å². The molecule has 2 rings (SSSR count). The first-order chi connectivity index (χ1) is 8.08. The Labute approximate surface area is 113 Å². The highest BCUT2D eigenvalue weighted by atomic mass is 79.9. The van der Waals surface area contributed by atoms with E-state index in [9.17, 15) is 0 Å². The molecule has 1 aliphatic heterocycles. The summed E-state index contributed by atoms with van der Waals surface area (Å²) in [4.78, 5) is 0.528. The van der Waals surface area contributed by atoms with Crippen molar-refractivity contribution in [1.29, 1.82) is 0 Å². The largest absolute Gasteiger partial charge is 0.378 e. The van der Waals surface area contributed by atoms with Crippen LogP contribution >= 0.6 is 15.9 Å². The molecular weight excluding hydrogens is 276 g/mol. The summed E-state index contributed by atoms with van der Waals surface area (Å²) in [7, 11) is 0. The minimum atomic E-state index is 0.393. The molecule has 0 saturated carbocycles. The molecule has 1 aromatic rings. The Balaban J connectivity index is 2.07. The number of halogens is 1. The van der Waals surface area contributed by atoms with Gasteiger partial charge >= 0.3 is 0 Å². The normalized spacial score (nSPS) is 26.1. The fourth-order valence-electron chi connectivity index (χ4n) is 2.60. The van der Waals surface area contributed by atoms with Crippen LogP contribution in [-0.2, 0) is 11.2 Å². The predicted molar refractivity (Wildman–Crippen MR) is 75.9 cm³/mol. The molecule has 1 nitrogen and oxygen atoms in total. The number of rotatable bonds is 3. The average Bonchev–Trinajstić information content (AvgIpc) is 2.70. The summed E-state index contributed by atoms with van der Waals surface area (Å²) in [5.41, 5.74) is 4.21. The van der Waals surface area contributed by atoms with E-state index in [4.69, 9.17) is 4.74 Å². The Morgan fingerprint density at radius 3 is 2.82 bits per heavy atom. The monoisotopic (exact) mass is 296 g/mol. The first kappa shape index (κ1) is 13.1. The van der Waals surface area contributed by atoms with E-state index in [1.165, 1.54) is 23.1 Å². The second-order valence-electron chi connectivity index (χ2n) is 5.18. The molecule has 3 atom stereocenters. The molecule has 0 spiro atoms. The van der Waals surface area contributed by atoms with E-state index in [1.807, 2.05) is 0 Å². The zero-order chi connectivity index (χ0) is 12.4. The molecule has 1 aliphatic rings. The number of hydrogen-bond acceptors (Lipinski definition) is 1. The van der Waals surface area contributed by atoms with Crippen molar-refractivity contribution in [3.8, 4) is 0 Å². The van der Waals surface area contributed by atoms with E-state index in [1.54, 1.807) is 0 Å². The van der Waals surface area contributed by atoms with Gasteiger partial charge in [-0.15, -0.1) is 0 Å². The topological polar surface area (TPSA) is 9.23 Å². The van der Waals surface area contributed by atoms with E-state index in [0.29, 0.717) is 16.8 Å². The maximum absolute atomic E-state index is 5.65. The number of hydrogen-bond donors (Lipinski definition) is 0. The van der Waals surface area contributed by atoms with Crippen LogP contribution in [0.2, 0.25) is 0 Å². The van der Waals surface area contributed by atoms with E-state index in [-0.39, 0.29) is 0 Å². The average molecular weight is 297 g/mol. The fourth-order valence-corrected chi connectivity index (χ4v) is 3.65. The van der Waals surface area contributed by atoms with E-state index in [2.05, 4.69) is 54.9 Å². The Morgan fingerprint density at radius 1 is 1.41 bits per heavy atom. The number of aryl methyl sites for hydroxylation is 2. The molecule has 0 aromatic heterocycles. The SMILES string of the molecule is Cc1ccc(C)c(CC(Br)C2CCOC2C)c1. The molecule has 0 N–H and O–H groups in total. The van der Waals surface area contributed by atoms with Crippen molar-refractivity contribution in [2.45, 2.75) is 44.5 Å². The third kappa shape index (κ3) is 3.11. The lowest BCUT2D eigenvalue weighted by atomic mass is 9.92. The maximum Gasteiger partial charge on any atom is 0.0586 e. The summed E-state index contributed by atoms with van der Waals surface area (Å²) >= 11 is 3.86. The Bertz CT molecular complexity index is 389. The summed E-state index contributed by atoms with van der Waals surface area (Å²) in [6.45, 7) is 7.46.